The van der Waals surface area contributed by atoms with Crippen LogP contribution >= 0.6 is 23.7 Å². The van der Waals surface area contributed by atoms with Crippen LogP contribution in [0.25, 0.3) is 0 Å². The van der Waals surface area contributed by atoms with Crippen molar-refractivity contribution in [3.8, 4) is 0 Å². The van der Waals surface area contributed by atoms with Crippen molar-refractivity contribution in [1.82, 2.24) is 10.2 Å². The van der Waals surface area contributed by atoms with E-state index in [0.717, 1.165) is 31.5 Å². The van der Waals surface area contributed by atoms with E-state index in [9.17, 15) is 14.0 Å². The molecule has 0 aliphatic carbocycles. The Morgan fingerprint density at radius 1 is 1.33 bits per heavy atom. The number of amides is 2. The van der Waals surface area contributed by atoms with Crippen LogP contribution in [0.1, 0.15) is 38.4 Å². The second-order valence-corrected chi connectivity index (χ2v) is 7.49. The maximum atomic E-state index is 13.3. The summed E-state index contributed by atoms with van der Waals surface area (Å²) in [6.45, 7) is 3.40. The van der Waals surface area contributed by atoms with Crippen LogP contribution < -0.4 is 10.6 Å². The molecule has 1 aliphatic rings. The molecule has 0 saturated carbocycles. The minimum Gasteiger partial charge on any atom is -0.334 e. The Hall–Kier alpha value is -1.96. The molecule has 2 amide bonds. The lowest BCUT2D eigenvalue weighted by Crippen LogP contribution is -2.40. The Morgan fingerprint density at radius 2 is 2.11 bits per heavy atom. The van der Waals surface area contributed by atoms with Crippen molar-refractivity contribution >= 4 is 40.6 Å². The topological polar surface area (TPSA) is 61.4 Å². The SMILES string of the molecule is CNCC1CCCN1C(=O)c1sc(NC(=O)c2cccc(F)c2)cc1C.Cl. The molecule has 1 aliphatic heterocycles. The summed E-state index contributed by atoms with van der Waals surface area (Å²) >= 11 is 1.26. The standard InChI is InChI=1S/C19H22FN3O2S.ClH/c1-12-9-16(22-18(24)13-5-3-6-14(20)10-13)26-17(12)19(25)23-8-4-7-15(23)11-21-2;/h3,5-6,9-10,15,21H,4,7-8,11H2,1-2H3,(H,22,24);1H. The molecule has 1 aromatic carbocycles. The third-order valence-electron chi connectivity index (χ3n) is 4.51. The number of hydrogen-bond acceptors (Lipinski definition) is 4. The van der Waals surface area contributed by atoms with Crippen molar-refractivity contribution in [2.24, 2.45) is 0 Å². The maximum Gasteiger partial charge on any atom is 0.264 e. The quantitative estimate of drug-likeness (QED) is 0.788. The molecule has 1 atom stereocenters. The van der Waals surface area contributed by atoms with E-state index in [1.807, 2.05) is 18.9 Å². The van der Waals surface area contributed by atoms with Gasteiger partial charge in [0.05, 0.1) is 9.88 Å². The number of aryl methyl sites for hydroxylation is 1. The molecule has 1 saturated heterocycles. The minimum atomic E-state index is -0.458. The van der Waals surface area contributed by atoms with Gasteiger partial charge < -0.3 is 15.5 Å². The van der Waals surface area contributed by atoms with Crippen LogP contribution in [0.3, 0.4) is 0 Å². The number of carbonyl (C=O) groups excluding carboxylic acids is 2. The lowest BCUT2D eigenvalue weighted by atomic mass is 10.2. The normalized spacial score (nSPS) is 16.1. The molecule has 5 nitrogen and oxygen atoms in total. The van der Waals surface area contributed by atoms with Crippen molar-refractivity contribution in [2.75, 3.05) is 25.5 Å². The van der Waals surface area contributed by atoms with Crippen LogP contribution in [0.5, 0.6) is 0 Å². The zero-order valence-electron chi connectivity index (χ0n) is 15.3. The molecule has 1 aromatic heterocycles. The molecule has 2 aromatic rings. The molecule has 1 fully saturated rings. The van der Waals surface area contributed by atoms with E-state index in [2.05, 4.69) is 10.6 Å². The molecule has 8 heteroatoms. The number of nitrogens with one attached hydrogen (secondary N) is 2. The average molecular weight is 412 g/mol. The fourth-order valence-electron chi connectivity index (χ4n) is 3.25. The highest BCUT2D eigenvalue weighted by Crippen LogP contribution is 2.30. The number of likely N-dealkylation sites (N-methyl/N-ethyl adjacent to an activating group) is 1. The van der Waals surface area contributed by atoms with Crippen molar-refractivity contribution in [1.29, 1.82) is 0 Å². The molecule has 2 N–H and O–H groups in total. The summed E-state index contributed by atoms with van der Waals surface area (Å²) in [5.74, 6) is -0.837. The third kappa shape index (κ3) is 4.86. The molecule has 0 bridgehead atoms. The highest BCUT2D eigenvalue weighted by Gasteiger charge is 2.30. The summed E-state index contributed by atoms with van der Waals surface area (Å²) < 4.78 is 13.3. The first-order valence-electron chi connectivity index (χ1n) is 8.62. The number of halogens is 2. The van der Waals surface area contributed by atoms with E-state index in [0.29, 0.717) is 9.88 Å². The van der Waals surface area contributed by atoms with Gasteiger partial charge in [-0.15, -0.1) is 23.7 Å². The van der Waals surface area contributed by atoms with E-state index < -0.39 is 5.82 Å². The Labute approximate surface area is 168 Å². The van der Waals surface area contributed by atoms with Gasteiger partial charge in [-0.1, -0.05) is 6.07 Å². The van der Waals surface area contributed by atoms with Crippen LogP contribution in [0, 0.1) is 12.7 Å². The highest BCUT2D eigenvalue weighted by atomic mass is 35.5. The summed E-state index contributed by atoms with van der Waals surface area (Å²) in [4.78, 5) is 27.7. The third-order valence-corrected chi connectivity index (χ3v) is 5.65. The summed E-state index contributed by atoms with van der Waals surface area (Å²) in [7, 11) is 1.89. The van der Waals surface area contributed by atoms with Gasteiger partial charge in [0, 0.05) is 24.7 Å². The van der Waals surface area contributed by atoms with E-state index in [1.54, 1.807) is 12.1 Å². The Balaban J connectivity index is 0.00000261. The number of benzene rings is 1. The summed E-state index contributed by atoms with van der Waals surface area (Å²) in [5, 5.41) is 6.48. The van der Waals surface area contributed by atoms with Gasteiger partial charge >= 0.3 is 0 Å². The van der Waals surface area contributed by atoms with Crippen LogP contribution in [0.4, 0.5) is 9.39 Å². The average Bonchev–Trinajstić information content (AvgIpc) is 3.21. The van der Waals surface area contributed by atoms with E-state index in [4.69, 9.17) is 0 Å². The van der Waals surface area contributed by atoms with E-state index in [1.165, 1.54) is 29.5 Å². The number of anilines is 1. The monoisotopic (exact) mass is 411 g/mol. The highest BCUT2D eigenvalue weighted by molar-refractivity contribution is 7.18. The first-order valence-corrected chi connectivity index (χ1v) is 9.44. The Bertz CT molecular complexity index is 827. The second kappa shape index (κ2) is 9.30. The smallest absolute Gasteiger partial charge is 0.264 e. The molecule has 1 unspecified atom stereocenters. The predicted molar refractivity (Wildman–Crippen MR) is 109 cm³/mol. The van der Waals surface area contributed by atoms with E-state index in [-0.39, 0.29) is 35.8 Å². The lowest BCUT2D eigenvalue weighted by molar-refractivity contribution is 0.0741. The lowest BCUT2D eigenvalue weighted by Gasteiger charge is -2.24. The fourth-order valence-corrected chi connectivity index (χ4v) is 4.27. The fraction of sp³-hybridized carbons (Fsp3) is 0.368. The number of rotatable bonds is 5. The number of likely N-dealkylation sites (tertiary alicyclic amines) is 1. The molecule has 0 radical (unpaired) electrons. The molecule has 146 valence electrons. The molecule has 27 heavy (non-hydrogen) atoms. The summed E-state index contributed by atoms with van der Waals surface area (Å²) in [6.07, 6.45) is 2.01. The van der Waals surface area contributed by atoms with E-state index >= 15 is 0 Å². The van der Waals surface area contributed by atoms with Gasteiger partial charge in [0.15, 0.2) is 0 Å². The maximum absolute atomic E-state index is 13.3. The Morgan fingerprint density at radius 3 is 2.81 bits per heavy atom. The van der Waals surface area contributed by atoms with Crippen LogP contribution in [0.2, 0.25) is 0 Å². The van der Waals surface area contributed by atoms with Crippen LogP contribution in [-0.4, -0.2) is 42.9 Å². The molecule has 2 heterocycles. The minimum absolute atomic E-state index is 0. The largest absolute Gasteiger partial charge is 0.334 e. The number of thiophene rings is 1. The van der Waals surface area contributed by atoms with Crippen LogP contribution in [-0.2, 0) is 0 Å². The van der Waals surface area contributed by atoms with Gasteiger partial charge in [-0.2, -0.15) is 0 Å². The van der Waals surface area contributed by atoms with Gasteiger partial charge in [-0.05, 0) is 56.6 Å². The van der Waals surface area contributed by atoms with Gasteiger partial charge in [0.2, 0.25) is 0 Å². The van der Waals surface area contributed by atoms with Crippen LogP contribution in [0.15, 0.2) is 30.3 Å². The second-order valence-electron chi connectivity index (χ2n) is 6.44. The van der Waals surface area contributed by atoms with Crippen molar-refractivity contribution in [3.63, 3.8) is 0 Å². The van der Waals surface area contributed by atoms with Gasteiger partial charge in [0.1, 0.15) is 5.82 Å². The molecule has 0 spiro atoms. The predicted octanol–water partition coefficient (Wildman–Crippen LogP) is 3.69. The van der Waals surface area contributed by atoms with Crippen molar-refractivity contribution < 1.29 is 14.0 Å². The molecular formula is C19H23ClFN3O2S. The first-order chi connectivity index (χ1) is 12.5. The number of carbonyl (C=O) groups is 2. The zero-order chi connectivity index (χ0) is 18.7. The van der Waals surface area contributed by atoms with Crippen molar-refractivity contribution in [3.05, 3.63) is 52.2 Å². The zero-order valence-corrected chi connectivity index (χ0v) is 16.9. The van der Waals surface area contributed by atoms with Gasteiger partial charge in [-0.3, -0.25) is 9.59 Å². The first kappa shape index (κ1) is 21.3. The Kier molecular flexibility index (Phi) is 7.35. The van der Waals surface area contributed by atoms with Gasteiger partial charge in [0.25, 0.3) is 11.8 Å². The summed E-state index contributed by atoms with van der Waals surface area (Å²) in [6, 6.07) is 7.53. The molecule has 3 rings (SSSR count). The number of nitrogens with zero attached hydrogens (tertiary/aromatic N) is 1. The van der Waals surface area contributed by atoms with Crippen molar-refractivity contribution in [2.45, 2.75) is 25.8 Å². The number of hydrogen-bond donors (Lipinski definition) is 2. The van der Waals surface area contributed by atoms with Gasteiger partial charge in [-0.25, -0.2) is 4.39 Å². The molecular weight excluding hydrogens is 389 g/mol. The summed E-state index contributed by atoms with van der Waals surface area (Å²) in [5.41, 5.74) is 1.09.